The van der Waals surface area contributed by atoms with Gasteiger partial charge in [0, 0.05) is 6.42 Å². The van der Waals surface area contributed by atoms with Crippen molar-refractivity contribution in [3.63, 3.8) is 0 Å². The largest absolute Gasteiger partial charge is 0.390 e. The average molecular weight is 370 g/mol. The second-order valence-electron chi connectivity index (χ2n) is 8.05. The van der Waals surface area contributed by atoms with Crippen LogP contribution < -0.4 is 0 Å². The van der Waals surface area contributed by atoms with Crippen molar-refractivity contribution in [1.29, 1.82) is 0 Å². The highest BCUT2D eigenvalue weighted by atomic mass is 16.3. The Labute approximate surface area is 162 Å². The summed E-state index contributed by atoms with van der Waals surface area (Å²) >= 11 is 0. The molecule has 0 bridgehead atoms. The Morgan fingerprint density at radius 3 is 1.65 bits per heavy atom. The molecule has 2 N–H and O–H groups in total. The molecule has 0 atom stereocenters. The van der Waals surface area contributed by atoms with Gasteiger partial charge in [-0.1, -0.05) is 84.0 Å². The van der Waals surface area contributed by atoms with Gasteiger partial charge in [-0.15, -0.1) is 0 Å². The maximum Gasteiger partial charge on any atom is 0.198 e. The second kappa shape index (κ2) is 15.6. The molecule has 0 saturated heterocycles. The highest BCUT2D eigenvalue weighted by Gasteiger charge is 2.36. The molecule has 0 radical (unpaired) electrons. The second-order valence-corrected chi connectivity index (χ2v) is 8.05. The Kier molecular flexibility index (Phi) is 14.1. The molecular formula is C22H45N2O2+. The molecule has 4 nitrogen and oxygen atoms in total. The predicted molar refractivity (Wildman–Crippen MR) is 112 cm³/mol. The number of aliphatic imine (C=N–C) groups is 1. The van der Waals surface area contributed by atoms with Crippen LogP contribution in [-0.4, -0.2) is 59.9 Å². The van der Waals surface area contributed by atoms with Crippen molar-refractivity contribution in [2.75, 3.05) is 39.4 Å². The van der Waals surface area contributed by atoms with Crippen LogP contribution >= 0.6 is 0 Å². The van der Waals surface area contributed by atoms with Gasteiger partial charge in [0.2, 0.25) is 0 Å². The molecule has 0 saturated carbocycles. The van der Waals surface area contributed by atoms with Crippen LogP contribution in [0.15, 0.2) is 4.99 Å². The zero-order valence-electron chi connectivity index (χ0n) is 17.4. The molecule has 1 aliphatic heterocycles. The van der Waals surface area contributed by atoms with Crippen LogP contribution in [0.3, 0.4) is 0 Å². The fourth-order valence-electron chi connectivity index (χ4n) is 4.24. The van der Waals surface area contributed by atoms with Gasteiger partial charge in [0.1, 0.15) is 19.6 Å². The standard InChI is InChI=1S/C22H45N2O2/c1-2-3-4-5-6-7-8-9-10-11-12-13-14-15-22-23-16-17-24(22,18-20-25)19-21-26/h25-26H,2-21H2,1H3/q+1. The number of rotatable bonds is 18. The third-order valence-electron chi connectivity index (χ3n) is 5.93. The number of hydrogen-bond acceptors (Lipinski definition) is 3. The minimum absolute atomic E-state index is 0.178. The van der Waals surface area contributed by atoms with Gasteiger partial charge >= 0.3 is 0 Å². The first-order valence-corrected chi connectivity index (χ1v) is 11.4. The lowest BCUT2D eigenvalue weighted by molar-refractivity contribution is -0.837. The van der Waals surface area contributed by atoms with E-state index in [0.29, 0.717) is 13.1 Å². The molecule has 0 aliphatic carbocycles. The number of quaternary nitrogens is 1. The van der Waals surface area contributed by atoms with Crippen LogP contribution in [0.5, 0.6) is 0 Å². The highest BCUT2D eigenvalue weighted by molar-refractivity contribution is 5.76. The Morgan fingerprint density at radius 2 is 1.19 bits per heavy atom. The lowest BCUT2D eigenvalue weighted by atomic mass is 10.0. The first-order chi connectivity index (χ1) is 12.8. The van der Waals surface area contributed by atoms with Crippen molar-refractivity contribution in [3.8, 4) is 0 Å². The molecule has 0 aromatic heterocycles. The molecule has 1 aliphatic rings. The molecule has 0 aromatic rings. The fraction of sp³-hybridized carbons (Fsp3) is 0.955. The van der Waals surface area contributed by atoms with E-state index in [9.17, 15) is 10.2 Å². The van der Waals surface area contributed by atoms with Crippen molar-refractivity contribution < 1.29 is 14.7 Å². The highest BCUT2D eigenvalue weighted by Crippen LogP contribution is 2.20. The van der Waals surface area contributed by atoms with Crippen LogP contribution in [-0.2, 0) is 0 Å². The number of aliphatic hydroxyl groups is 2. The number of aliphatic hydroxyl groups excluding tert-OH is 2. The molecule has 1 heterocycles. The molecule has 0 unspecified atom stereocenters. The third-order valence-corrected chi connectivity index (χ3v) is 5.93. The van der Waals surface area contributed by atoms with Crippen molar-refractivity contribution in [2.45, 2.75) is 96.8 Å². The summed E-state index contributed by atoms with van der Waals surface area (Å²) in [6.45, 7) is 5.86. The van der Waals surface area contributed by atoms with Gasteiger partial charge < -0.3 is 10.2 Å². The Balaban J connectivity index is 1.98. The summed E-state index contributed by atoms with van der Waals surface area (Å²) in [4.78, 5) is 4.69. The van der Waals surface area contributed by atoms with Crippen molar-refractivity contribution in [1.82, 2.24) is 0 Å². The molecule has 154 valence electrons. The van der Waals surface area contributed by atoms with E-state index < -0.39 is 0 Å². The summed E-state index contributed by atoms with van der Waals surface area (Å²) in [6, 6.07) is 0. The Bertz CT molecular complexity index is 352. The van der Waals surface area contributed by atoms with E-state index >= 15 is 0 Å². The molecule has 0 aromatic carbocycles. The summed E-state index contributed by atoms with van der Waals surface area (Å²) in [5.74, 6) is 1.22. The first-order valence-electron chi connectivity index (χ1n) is 11.4. The molecule has 4 heteroatoms. The van der Waals surface area contributed by atoms with E-state index in [-0.39, 0.29) is 13.2 Å². The third kappa shape index (κ3) is 9.48. The van der Waals surface area contributed by atoms with E-state index in [0.717, 1.165) is 24.0 Å². The lowest BCUT2D eigenvalue weighted by Crippen LogP contribution is -2.54. The number of nitrogens with zero attached hydrogens (tertiary/aromatic N) is 2. The minimum Gasteiger partial charge on any atom is -0.390 e. The van der Waals surface area contributed by atoms with Gasteiger partial charge in [-0.2, -0.15) is 0 Å². The van der Waals surface area contributed by atoms with Crippen LogP contribution in [0.25, 0.3) is 0 Å². The molecule has 26 heavy (non-hydrogen) atoms. The van der Waals surface area contributed by atoms with E-state index in [1.54, 1.807) is 0 Å². The van der Waals surface area contributed by atoms with Crippen molar-refractivity contribution in [2.24, 2.45) is 4.99 Å². The molecular weight excluding hydrogens is 324 g/mol. The Hall–Kier alpha value is -0.450. The van der Waals surface area contributed by atoms with Crippen LogP contribution in [0.2, 0.25) is 0 Å². The van der Waals surface area contributed by atoms with Gasteiger partial charge in [-0.05, 0) is 6.42 Å². The van der Waals surface area contributed by atoms with Crippen molar-refractivity contribution in [3.05, 3.63) is 0 Å². The maximum absolute atomic E-state index is 9.37. The monoisotopic (exact) mass is 369 g/mol. The minimum atomic E-state index is 0.178. The predicted octanol–water partition coefficient (Wildman–Crippen LogP) is 4.68. The van der Waals surface area contributed by atoms with Gasteiger partial charge in [-0.25, -0.2) is 4.99 Å². The normalized spacial score (nSPS) is 16.2. The summed E-state index contributed by atoms with van der Waals surface area (Å²) in [5.41, 5.74) is 0. The summed E-state index contributed by atoms with van der Waals surface area (Å²) in [6.07, 6.45) is 18.9. The quantitative estimate of drug-likeness (QED) is 0.272. The first kappa shape index (κ1) is 23.6. The molecule has 1 rings (SSSR count). The number of hydrogen-bond donors (Lipinski definition) is 2. The summed E-state index contributed by atoms with van der Waals surface area (Å²) in [7, 11) is 0. The lowest BCUT2D eigenvalue weighted by Gasteiger charge is -2.33. The van der Waals surface area contributed by atoms with Gasteiger partial charge in [-0.3, -0.25) is 4.48 Å². The van der Waals surface area contributed by atoms with Gasteiger partial charge in [0.05, 0.1) is 19.8 Å². The van der Waals surface area contributed by atoms with E-state index in [2.05, 4.69) is 11.9 Å². The topological polar surface area (TPSA) is 52.8 Å². The smallest absolute Gasteiger partial charge is 0.198 e. The van der Waals surface area contributed by atoms with E-state index in [1.165, 1.54) is 89.3 Å². The summed E-state index contributed by atoms with van der Waals surface area (Å²) < 4.78 is 0.727. The van der Waals surface area contributed by atoms with E-state index in [1.807, 2.05) is 0 Å². The van der Waals surface area contributed by atoms with Crippen LogP contribution in [0, 0.1) is 0 Å². The van der Waals surface area contributed by atoms with Crippen LogP contribution in [0.1, 0.15) is 96.8 Å². The summed E-state index contributed by atoms with van der Waals surface area (Å²) in [5, 5.41) is 18.7. The fourth-order valence-corrected chi connectivity index (χ4v) is 4.24. The molecule has 0 fully saturated rings. The number of amidine groups is 1. The van der Waals surface area contributed by atoms with E-state index in [4.69, 9.17) is 0 Å². The molecule has 0 amide bonds. The number of unbranched alkanes of at least 4 members (excludes halogenated alkanes) is 12. The maximum atomic E-state index is 9.37. The average Bonchev–Trinajstić information content (AvgIpc) is 3.02. The Morgan fingerprint density at radius 1 is 0.731 bits per heavy atom. The SMILES string of the molecule is CCCCCCCCCCCCCCCC1=NCC[N+]1(CCO)CCO. The van der Waals surface area contributed by atoms with Crippen molar-refractivity contribution >= 4 is 5.84 Å². The zero-order valence-corrected chi connectivity index (χ0v) is 17.4. The molecule has 0 spiro atoms. The zero-order chi connectivity index (χ0) is 18.9. The van der Waals surface area contributed by atoms with Crippen LogP contribution in [0.4, 0.5) is 0 Å². The van der Waals surface area contributed by atoms with Gasteiger partial charge in [0.25, 0.3) is 0 Å². The van der Waals surface area contributed by atoms with Gasteiger partial charge in [0.15, 0.2) is 5.84 Å².